The van der Waals surface area contributed by atoms with Gasteiger partial charge in [0.2, 0.25) is 11.8 Å². The normalized spacial score (nSPS) is 18.9. The Balaban J connectivity index is 1.33. The second-order valence-electron chi connectivity index (χ2n) is 6.91. The van der Waals surface area contributed by atoms with Gasteiger partial charge < -0.3 is 15.1 Å². The maximum atomic E-state index is 12.4. The van der Waals surface area contributed by atoms with E-state index in [0.717, 1.165) is 36.1 Å². The Labute approximate surface area is 168 Å². The van der Waals surface area contributed by atoms with Crippen molar-refractivity contribution in [2.75, 3.05) is 43.0 Å². The zero-order chi connectivity index (χ0) is 18.4. The molecule has 0 aromatic heterocycles. The standard InChI is InChI=1S/C19H26BrN3O2S/c20-15-4-3-5-16(12-15)21-18(24)13-26-14-19(25)23-10-6-17(7-11-23)22-8-1-2-9-22/h3-5,12,17H,1-2,6-11,13-14H2,(H,21,24). The highest BCUT2D eigenvalue weighted by atomic mass is 79.9. The summed E-state index contributed by atoms with van der Waals surface area (Å²) in [5.74, 6) is 0.752. The second kappa shape index (κ2) is 9.76. The van der Waals surface area contributed by atoms with Crippen molar-refractivity contribution in [3.05, 3.63) is 28.7 Å². The third-order valence-corrected chi connectivity index (χ3v) is 6.45. The number of halogens is 1. The molecule has 2 saturated heterocycles. The first-order chi connectivity index (χ1) is 12.6. The van der Waals surface area contributed by atoms with E-state index in [1.807, 2.05) is 29.2 Å². The Morgan fingerprint density at radius 1 is 1.12 bits per heavy atom. The first-order valence-corrected chi connectivity index (χ1v) is 11.2. The van der Waals surface area contributed by atoms with Crippen LogP contribution >= 0.6 is 27.7 Å². The Bertz CT molecular complexity index is 629. The van der Waals surface area contributed by atoms with Crippen molar-refractivity contribution in [2.24, 2.45) is 0 Å². The highest BCUT2D eigenvalue weighted by Crippen LogP contribution is 2.21. The van der Waals surface area contributed by atoms with Crippen LogP contribution < -0.4 is 5.32 Å². The summed E-state index contributed by atoms with van der Waals surface area (Å²) in [4.78, 5) is 28.9. The molecule has 2 aliphatic rings. The van der Waals surface area contributed by atoms with Crippen LogP contribution in [0.3, 0.4) is 0 Å². The molecule has 1 aromatic rings. The van der Waals surface area contributed by atoms with Crippen molar-refractivity contribution < 1.29 is 9.59 Å². The molecule has 26 heavy (non-hydrogen) atoms. The van der Waals surface area contributed by atoms with Crippen LogP contribution in [0.25, 0.3) is 0 Å². The number of nitrogens with zero attached hydrogens (tertiary/aromatic N) is 2. The van der Waals surface area contributed by atoms with Crippen LogP contribution in [0.5, 0.6) is 0 Å². The van der Waals surface area contributed by atoms with Crippen molar-refractivity contribution in [2.45, 2.75) is 31.7 Å². The number of carbonyl (C=O) groups is 2. The minimum atomic E-state index is -0.0753. The lowest BCUT2D eigenvalue weighted by Gasteiger charge is -2.36. The maximum Gasteiger partial charge on any atom is 0.234 e. The molecule has 0 saturated carbocycles. The second-order valence-corrected chi connectivity index (χ2v) is 8.81. The van der Waals surface area contributed by atoms with E-state index in [1.54, 1.807) is 0 Å². The van der Waals surface area contributed by atoms with Gasteiger partial charge in [-0.05, 0) is 57.0 Å². The van der Waals surface area contributed by atoms with Crippen molar-refractivity contribution in [1.82, 2.24) is 9.80 Å². The van der Waals surface area contributed by atoms with Crippen LogP contribution in [-0.2, 0) is 9.59 Å². The smallest absolute Gasteiger partial charge is 0.234 e. The van der Waals surface area contributed by atoms with E-state index >= 15 is 0 Å². The molecule has 0 spiro atoms. The van der Waals surface area contributed by atoms with E-state index in [9.17, 15) is 9.59 Å². The summed E-state index contributed by atoms with van der Waals surface area (Å²) in [5, 5.41) is 2.85. The van der Waals surface area contributed by atoms with Crippen LogP contribution in [0.4, 0.5) is 5.69 Å². The van der Waals surface area contributed by atoms with E-state index in [0.29, 0.717) is 17.5 Å². The van der Waals surface area contributed by atoms with Crippen molar-refractivity contribution in [3.63, 3.8) is 0 Å². The molecule has 1 N–H and O–H groups in total. The predicted molar refractivity (Wildman–Crippen MR) is 111 cm³/mol. The van der Waals surface area contributed by atoms with E-state index in [4.69, 9.17) is 0 Å². The van der Waals surface area contributed by atoms with Gasteiger partial charge in [-0.1, -0.05) is 22.0 Å². The SMILES string of the molecule is O=C(CSCC(=O)N1CCC(N2CCCC2)CC1)Nc1cccc(Br)c1. The molecule has 3 rings (SSSR count). The molecule has 2 amide bonds. The minimum absolute atomic E-state index is 0.0753. The summed E-state index contributed by atoms with van der Waals surface area (Å²) >= 11 is 4.77. The summed E-state index contributed by atoms with van der Waals surface area (Å²) in [5.41, 5.74) is 0.764. The number of anilines is 1. The van der Waals surface area contributed by atoms with Crippen LogP contribution in [0.15, 0.2) is 28.7 Å². The summed E-state index contributed by atoms with van der Waals surface area (Å²) in [7, 11) is 0. The third kappa shape index (κ3) is 5.72. The van der Waals surface area contributed by atoms with Crippen molar-refractivity contribution in [3.8, 4) is 0 Å². The molecule has 5 nitrogen and oxygen atoms in total. The number of rotatable bonds is 6. The molecular weight excluding hydrogens is 414 g/mol. The molecule has 0 radical (unpaired) electrons. The Morgan fingerprint density at radius 2 is 1.85 bits per heavy atom. The predicted octanol–water partition coefficient (Wildman–Crippen LogP) is 3.21. The number of hydrogen-bond donors (Lipinski definition) is 1. The number of thioether (sulfide) groups is 1. The summed E-state index contributed by atoms with van der Waals surface area (Å²) in [6.45, 7) is 4.15. The molecule has 2 fully saturated rings. The lowest BCUT2D eigenvalue weighted by Crippen LogP contribution is -2.46. The molecular formula is C19H26BrN3O2S. The van der Waals surface area contributed by atoms with Crippen LogP contribution in [0.1, 0.15) is 25.7 Å². The van der Waals surface area contributed by atoms with Crippen LogP contribution in [0.2, 0.25) is 0 Å². The van der Waals surface area contributed by atoms with E-state index < -0.39 is 0 Å². The van der Waals surface area contributed by atoms with Gasteiger partial charge in [-0.3, -0.25) is 9.59 Å². The molecule has 142 valence electrons. The molecule has 0 unspecified atom stereocenters. The average molecular weight is 440 g/mol. The van der Waals surface area contributed by atoms with Gasteiger partial charge in [0.05, 0.1) is 11.5 Å². The van der Waals surface area contributed by atoms with E-state index in [-0.39, 0.29) is 11.8 Å². The highest BCUT2D eigenvalue weighted by Gasteiger charge is 2.28. The number of amides is 2. The lowest BCUT2D eigenvalue weighted by atomic mass is 10.0. The highest BCUT2D eigenvalue weighted by molar-refractivity contribution is 9.10. The first-order valence-electron chi connectivity index (χ1n) is 9.27. The zero-order valence-corrected chi connectivity index (χ0v) is 17.4. The number of piperidine rings is 1. The monoisotopic (exact) mass is 439 g/mol. The minimum Gasteiger partial charge on any atom is -0.342 e. The number of benzene rings is 1. The van der Waals surface area contributed by atoms with Gasteiger partial charge in [0.25, 0.3) is 0 Å². The zero-order valence-electron chi connectivity index (χ0n) is 15.0. The van der Waals surface area contributed by atoms with Gasteiger partial charge in [0.1, 0.15) is 0 Å². The molecule has 2 aliphatic heterocycles. The van der Waals surface area contributed by atoms with Gasteiger partial charge in [0, 0.05) is 29.3 Å². The first kappa shape index (κ1) is 19.7. The number of likely N-dealkylation sites (tertiary alicyclic amines) is 2. The van der Waals surface area contributed by atoms with Gasteiger partial charge in [0.15, 0.2) is 0 Å². The average Bonchev–Trinajstić information content (AvgIpc) is 3.16. The topological polar surface area (TPSA) is 52.7 Å². The maximum absolute atomic E-state index is 12.4. The fourth-order valence-electron chi connectivity index (χ4n) is 3.67. The summed E-state index contributed by atoms with van der Waals surface area (Å²) in [6.07, 6.45) is 4.80. The fourth-order valence-corrected chi connectivity index (χ4v) is 4.79. The number of hydrogen-bond acceptors (Lipinski definition) is 4. The molecule has 0 atom stereocenters. The van der Waals surface area contributed by atoms with Gasteiger partial charge in [-0.15, -0.1) is 11.8 Å². The summed E-state index contributed by atoms with van der Waals surface area (Å²) < 4.78 is 0.926. The number of nitrogens with one attached hydrogen (secondary N) is 1. The Kier molecular flexibility index (Phi) is 7.40. The summed E-state index contributed by atoms with van der Waals surface area (Å²) in [6, 6.07) is 8.16. The molecule has 0 bridgehead atoms. The van der Waals surface area contributed by atoms with E-state index in [1.165, 1.54) is 37.7 Å². The molecule has 2 heterocycles. The van der Waals surface area contributed by atoms with Crippen LogP contribution in [-0.4, -0.2) is 65.3 Å². The molecule has 7 heteroatoms. The number of carbonyl (C=O) groups excluding carboxylic acids is 2. The fraction of sp³-hybridized carbons (Fsp3) is 0.579. The third-order valence-electron chi connectivity index (χ3n) is 5.04. The van der Waals surface area contributed by atoms with Gasteiger partial charge in [-0.2, -0.15) is 0 Å². The molecule has 1 aromatic carbocycles. The quantitative estimate of drug-likeness (QED) is 0.738. The Hall–Kier alpha value is -1.05. The molecule has 0 aliphatic carbocycles. The van der Waals surface area contributed by atoms with Crippen molar-refractivity contribution in [1.29, 1.82) is 0 Å². The van der Waals surface area contributed by atoms with E-state index in [2.05, 4.69) is 26.1 Å². The van der Waals surface area contributed by atoms with Gasteiger partial charge >= 0.3 is 0 Å². The van der Waals surface area contributed by atoms with Crippen molar-refractivity contribution >= 4 is 45.2 Å². The lowest BCUT2D eigenvalue weighted by molar-refractivity contribution is -0.129. The van der Waals surface area contributed by atoms with Gasteiger partial charge in [-0.25, -0.2) is 0 Å². The largest absolute Gasteiger partial charge is 0.342 e. The van der Waals surface area contributed by atoms with Crippen LogP contribution in [0, 0.1) is 0 Å². The Morgan fingerprint density at radius 3 is 2.54 bits per heavy atom.